The molecule has 0 unspecified atom stereocenters. The van der Waals surface area contributed by atoms with Crippen LogP contribution in [0, 0.1) is 13.8 Å². The van der Waals surface area contributed by atoms with Crippen LogP contribution in [0.1, 0.15) is 21.5 Å². The van der Waals surface area contributed by atoms with E-state index < -0.39 is 11.8 Å². The van der Waals surface area contributed by atoms with Crippen molar-refractivity contribution in [2.45, 2.75) is 13.8 Å². The molecule has 0 saturated carbocycles. The third-order valence-corrected chi connectivity index (χ3v) is 4.92. The summed E-state index contributed by atoms with van der Waals surface area (Å²) in [5.41, 5.74) is 7.30. The van der Waals surface area contributed by atoms with Gasteiger partial charge in [-0.2, -0.15) is 0 Å². The molecule has 0 spiro atoms. The van der Waals surface area contributed by atoms with E-state index in [2.05, 4.69) is 16.2 Å². The molecule has 0 fully saturated rings. The summed E-state index contributed by atoms with van der Waals surface area (Å²) in [6, 6.07) is 21.7. The predicted octanol–water partition coefficient (Wildman–Crippen LogP) is 3.48. The zero-order valence-corrected chi connectivity index (χ0v) is 20.3. The number of aryl methyl sites for hydroxylation is 2. The maximum atomic E-state index is 12.4. The molecule has 3 aromatic carbocycles. The van der Waals surface area contributed by atoms with Crippen LogP contribution in [0.3, 0.4) is 0 Å². The third kappa shape index (κ3) is 8.63. The van der Waals surface area contributed by atoms with E-state index in [1.165, 1.54) is 0 Å². The molecule has 9 heteroatoms. The Morgan fingerprint density at radius 3 is 2.11 bits per heavy atom. The molecule has 0 aromatic heterocycles. The summed E-state index contributed by atoms with van der Waals surface area (Å²) < 4.78 is 16.7. The highest BCUT2D eigenvalue weighted by atomic mass is 32.1. The highest BCUT2D eigenvalue weighted by Crippen LogP contribution is 2.18. The second kappa shape index (κ2) is 13.0. The van der Waals surface area contributed by atoms with Gasteiger partial charge in [0.05, 0.1) is 0 Å². The van der Waals surface area contributed by atoms with Gasteiger partial charge in [-0.25, -0.2) is 0 Å². The number of benzene rings is 3. The number of carbonyl (C=O) groups is 2. The number of hydrogen-bond donors (Lipinski definition) is 3. The van der Waals surface area contributed by atoms with Crippen LogP contribution < -0.4 is 30.4 Å². The standard InChI is InChI=1S/C26H27N3O5S/c1-18-8-13-23(19(2)16-18)34-17-24(30)28-29-26(35)27-25(31)20-9-11-22(12-10-20)33-15-14-32-21-6-4-3-5-7-21/h3-13,16H,14-15,17H2,1-2H3,(H,28,30)(H2,27,29,31,35). The molecule has 182 valence electrons. The van der Waals surface area contributed by atoms with Crippen molar-refractivity contribution in [1.82, 2.24) is 16.2 Å². The van der Waals surface area contributed by atoms with Crippen LogP contribution in [0.2, 0.25) is 0 Å². The highest BCUT2D eigenvalue weighted by Gasteiger charge is 2.10. The minimum atomic E-state index is -0.445. The first-order valence-electron chi connectivity index (χ1n) is 10.9. The van der Waals surface area contributed by atoms with Gasteiger partial charge in [-0.05, 0) is 74.1 Å². The molecule has 0 bridgehead atoms. The fraction of sp³-hybridized carbons (Fsp3) is 0.192. The van der Waals surface area contributed by atoms with Crippen LogP contribution in [0.5, 0.6) is 17.2 Å². The summed E-state index contributed by atoms with van der Waals surface area (Å²) >= 11 is 5.06. The van der Waals surface area contributed by atoms with Crippen molar-refractivity contribution in [2.24, 2.45) is 0 Å². The Kier molecular flexibility index (Phi) is 9.44. The second-order valence-corrected chi connectivity index (χ2v) is 7.96. The topological polar surface area (TPSA) is 97.9 Å². The third-order valence-electron chi connectivity index (χ3n) is 4.71. The molecule has 0 aliphatic carbocycles. The van der Waals surface area contributed by atoms with Gasteiger partial charge in [-0.15, -0.1) is 0 Å². The zero-order chi connectivity index (χ0) is 25.0. The molecular weight excluding hydrogens is 466 g/mol. The molecule has 0 aliphatic rings. The van der Waals surface area contributed by atoms with Crippen LogP contribution in [0.25, 0.3) is 0 Å². The molecule has 0 heterocycles. The SMILES string of the molecule is Cc1ccc(OCC(=O)NNC(=S)NC(=O)c2ccc(OCCOc3ccccc3)cc2)c(C)c1. The minimum absolute atomic E-state index is 0.0479. The van der Waals surface area contributed by atoms with Crippen LogP contribution >= 0.6 is 12.2 Å². The zero-order valence-electron chi connectivity index (χ0n) is 19.5. The molecule has 35 heavy (non-hydrogen) atoms. The van der Waals surface area contributed by atoms with Gasteiger partial charge in [-0.1, -0.05) is 35.9 Å². The lowest BCUT2D eigenvalue weighted by molar-refractivity contribution is -0.123. The smallest absolute Gasteiger partial charge is 0.276 e. The van der Waals surface area contributed by atoms with Crippen LogP contribution in [0.4, 0.5) is 0 Å². The fourth-order valence-corrected chi connectivity index (χ4v) is 3.16. The lowest BCUT2D eigenvalue weighted by Gasteiger charge is -2.13. The second-order valence-electron chi connectivity index (χ2n) is 7.55. The van der Waals surface area contributed by atoms with E-state index in [0.717, 1.165) is 16.9 Å². The molecular formula is C26H27N3O5S. The van der Waals surface area contributed by atoms with Gasteiger partial charge in [0.15, 0.2) is 11.7 Å². The van der Waals surface area contributed by atoms with Crippen molar-refractivity contribution in [2.75, 3.05) is 19.8 Å². The number of hydrazine groups is 1. The lowest BCUT2D eigenvalue weighted by Crippen LogP contribution is -2.49. The summed E-state index contributed by atoms with van der Waals surface area (Å²) in [5.74, 6) is 1.13. The molecule has 3 rings (SSSR count). The average Bonchev–Trinajstić information content (AvgIpc) is 2.86. The first kappa shape index (κ1) is 25.5. The van der Waals surface area contributed by atoms with E-state index >= 15 is 0 Å². The monoisotopic (exact) mass is 493 g/mol. The maximum absolute atomic E-state index is 12.4. The van der Waals surface area contributed by atoms with Gasteiger partial charge in [0.1, 0.15) is 30.5 Å². The molecule has 0 saturated heterocycles. The fourth-order valence-electron chi connectivity index (χ4n) is 3.01. The normalized spacial score (nSPS) is 10.1. The van der Waals surface area contributed by atoms with E-state index in [9.17, 15) is 9.59 Å². The Hall–Kier alpha value is -4.11. The molecule has 0 radical (unpaired) electrons. The Morgan fingerprint density at radius 2 is 1.46 bits per heavy atom. The Bertz CT molecular complexity index is 1150. The van der Waals surface area contributed by atoms with E-state index in [1.54, 1.807) is 24.3 Å². The van der Waals surface area contributed by atoms with Gasteiger partial charge in [0, 0.05) is 5.56 Å². The van der Waals surface area contributed by atoms with Crippen molar-refractivity contribution < 1.29 is 23.8 Å². The first-order chi connectivity index (χ1) is 16.9. The first-order valence-corrected chi connectivity index (χ1v) is 11.3. The number of amides is 2. The number of hydrogen-bond acceptors (Lipinski definition) is 6. The van der Waals surface area contributed by atoms with Crippen molar-refractivity contribution in [3.8, 4) is 17.2 Å². The number of thiocarbonyl (C=S) groups is 1. The summed E-state index contributed by atoms with van der Waals surface area (Å²) in [5, 5.41) is 2.45. The van der Waals surface area contributed by atoms with Crippen LogP contribution in [0.15, 0.2) is 72.8 Å². The van der Waals surface area contributed by atoms with Gasteiger partial charge < -0.3 is 14.2 Å². The quantitative estimate of drug-likeness (QED) is 0.239. The summed E-state index contributed by atoms with van der Waals surface area (Å²) in [6.45, 7) is 4.44. The van der Waals surface area contributed by atoms with Gasteiger partial charge in [0.25, 0.3) is 11.8 Å². The summed E-state index contributed by atoms with van der Waals surface area (Å²) in [4.78, 5) is 24.4. The summed E-state index contributed by atoms with van der Waals surface area (Å²) in [6.07, 6.45) is 0. The molecule has 3 N–H and O–H groups in total. The Morgan fingerprint density at radius 1 is 0.800 bits per heavy atom. The van der Waals surface area contributed by atoms with Crippen molar-refractivity contribution >= 4 is 29.1 Å². The molecule has 2 amide bonds. The van der Waals surface area contributed by atoms with E-state index in [4.69, 9.17) is 26.4 Å². The number of ether oxygens (including phenoxy) is 3. The van der Waals surface area contributed by atoms with Crippen LogP contribution in [-0.4, -0.2) is 36.7 Å². The summed E-state index contributed by atoms with van der Waals surface area (Å²) in [7, 11) is 0. The minimum Gasteiger partial charge on any atom is -0.490 e. The van der Waals surface area contributed by atoms with Crippen molar-refractivity contribution in [1.29, 1.82) is 0 Å². The van der Waals surface area contributed by atoms with Crippen molar-refractivity contribution in [3.05, 3.63) is 89.5 Å². The molecule has 0 aliphatic heterocycles. The highest BCUT2D eigenvalue weighted by molar-refractivity contribution is 7.80. The average molecular weight is 494 g/mol. The number of carbonyl (C=O) groups excluding carboxylic acids is 2. The van der Waals surface area contributed by atoms with Gasteiger partial charge in [-0.3, -0.25) is 25.8 Å². The van der Waals surface area contributed by atoms with E-state index in [-0.39, 0.29) is 11.7 Å². The Balaban J connectivity index is 1.34. The van der Waals surface area contributed by atoms with E-state index in [1.807, 2.05) is 62.4 Å². The predicted molar refractivity (Wildman–Crippen MR) is 137 cm³/mol. The maximum Gasteiger partial charge on any atom is 0.276 e. The van der Waals surface area contributed by atoms with E-state index in [0.29, 0.717) is 30.3 Å². The number of rotatable bonds is 9. The lowest BCUT2D eigenvalue weighted by atomic mass is 10.1. The van der Waals surface area contributed by atoms with Crippen molar-refractivity contribution in [3.63, 3.8) is 0 Å². The van der Waals surface area contributed by atoms with Gasteiger partial charge in [0.2, 0.25) is 0 Å². The molecule has 0 atom stereocenters. The molecule has 8 nitrogen and oxygen atoms in total. The Labute approximate surface area is 209 Å². The largest absolute Gasteiger partial charge is 0.490 e. The molecule has 3 aromatic rings. The number of nitrogens with one attached hydrogen (secondary N) is 3. The van der Waals surface area contributed by atoms with Gasteiger partial charge >= 0.3 is 0 Å². The number of para-hydroxylation sites is 1. The van der Waals surface area contributed by atoms with Crippen LogP contribution in [-0.2, 0) is 4.79 Å².